The normalized spacial score (nSPS) is 17.0. The number of hydrogen-bond acceptors (Lipinski definition) is 4. The van der Waals surface area contributed by atoms with Crippen molar-refractivity contribution in [1.29, 1.82) is 0 Å². The Bertz CT molecular complexity index is 537. The fourth-order valence-electron chi connectivity index (χ4n) is 2.49. The number of amides is 3. The first-order valence-electron chi connectivity index (χ1n) is 8.05. The summed E-state index contributed by atoms with van der Waals surface area (Å²) < 4.78 is 0. The minimum atomic E-state index is -0.575. The predicted molar refractivity (Wildman–Crippen MR) is 86.9 cm³/mol. The van der Waals surface area contributed by atoms with Gasteiger partial charge >= 0.3 is 6.03 Å². The molecule has 1 fully saturated rings. The largest absolute Gasteiger partial charge is 0.336 e. The fraction of sp³-hybridized carbons (Fsp3) is 0.562. The van der Waals surface area contributed by atoms with Crippen LogP contribution in [-0.2, 0) is 11.3 Å². The van der Waals surface area contributed by atoms with E-state index in [0.717, 1.165) is 18.4 Å². The average Bonchev–Trinajstić information content (AvgIpc) is 3.08. The van der Waals surface area contributed by atoms with E-state index in [1.54, 1.807) is 12.4 Å². The summed E-state index contributed by atoms with van der Waals surface area (Å²) in [6.07, 6.45) is 4.95. The number of rotatable bonds is 5. The summed E-state index contributed by atoms with van der Waals surface area (Å²) in [6.45, 7) is 5.41. The molecule has 0 spiro atoms. The van der Waals surface area contributed by atoms with Gasteiger partial charge in [0.15, 0.2) is 0 Å². The van der Waals surface area contributed by atoms with Crippen molar-refractivity contribution >= 4 is 11.9 Å². The molecule has 2 atom stereocenters. The zero-order valence-corrected chi connectivity index (χ0v) is 13.7. The maximum atomic E-state index is 12.5. The molecule has 0 unspecified atom stereocenters. The van der Waals surface area contributed by atoms with Gasteiger partial charge in [0.25, 0.3) is 5.91 Å². The van der Waals surface area contributed by atoms with Gasteiger partial charge < -0.3 is 11.1 Å². The third-order valence-corrected chi connectivity index (χ3v) is 4.26. The second-order valence-corrected chi connectivity index (χ2v) is 5.86. The van der Waals surface area contributed by atoms with E-state index in [4.69, 9.17) is 5.73 Å². The molecule has 2 rings (SSSR count). The van der Waals surface area contributed by atoms with E-state index in [9.17, 15) is 9.59 Å². The summed E-state index contributed by atoms with van der Waals surface area (Å²) in [5, 5.41) is 5.78. The molecule has 0 aromatic carbocycles. The molecule has 1 aliphatic rings. The Balaban J connectivity index is 1.95. The third kappa shape index (κ3) is 4.19. The number of aromatic nitrogens is 1. The molecule has 1 saturated heterocycles. The van der Waals surface area contributed by atoms with Gasteiger partial charge in [-0.3, -0.25) is 9.78 Å². The zero-order chi connectivity index (χ0) is 16.8. The highest BCUT2D eigenvalue weighted by Gasteiger charge is 2.34. The molecule has 2 heterocycles. The number of nitrogens with zero attached hydrogens (tertiary/aromatic N) is 3. The van der Waals surface area contributed by atoms with Crippen molar-refractivity contribution in [2.75, 3.05) is 13.1 Å². The number of hydrazine groups is 1. The van der Waals surface area contributed by atoms with Crippen LogP contribution in [0.2, 0.25) is 0 Å². The topological polar surface area (TPSA) is 91.6 Å². The lowest BCUT2D eigenvalue weighted by atomic mass is 9.99. The number of nitrogens with one attached hydrogen (secondary N) is 1. The predicted octanol–water partition coefficient (Wildman–Crippen LogP) is 1.11. The van der Waals surface area contributed by atoms with Crippen molar-refractivity contribution < 1.29 is 9.59 Å². The monoisotopic (exact) mass is 319 g/mol. The van der Waals surface area contributed by atoms with Gasteiger partial charge in [-0.25, -0.2) is 14.8 Å². The van der Waals surface area contributed by atoms with Gasteiger partial charge in [-0.2, -0.15) is 0 Å². The van der Waals surface area contributed by atoms with E-state index in [1.165, 1.54) is 10.0 Å². The first-order valence-corrected chi connectivity index (χ1v) is 8.05. The average molecular weight is 319 g/mol. The lowest BCUT2D eigenvalue weighted by Crippen LogP contribution is -2.55. The Hall–Kier alpha value is -2.15. The molecule has 23 heavy (non-hydrogen) atoms. The Morgan fingerprint density at radius 1 is 1.30 bits per heavy atom. The molecular weight excluding hydrogens is 294 g/mol. The fourth-order valence-corrected chi connectivity index (χ4v) is 2.49. The molecule has 3 amide bonds. The zero-order valence-electron chi connectivity index (χ0n) is 13.7. The number of hydrogen-bond donors (Lipinski definition) is 2. The van der Waals surface area contributed by atoms with Gasteiger partial charge in [-0.05, 0) is 30.0 Å². The van der Waals surface area contributed by atoms with Crippen molar-refractivity contribution in [2.45, 2.75) is 39.3 Å². The highest BCUT2D eigenvalue weighted by Crippen LogP contribution is 2.16. The molecular formula is C16H25N5O2. The van der Waals surface area contributed by atoms with Gasteiger partial charge in [0, 0.05) is 32.0 Å². The van der Waals surface area contributed by atoms with Gasteiger partial charge in [0.1, 0.15) is 0 Å². The summed E-state index contributed by atoms with van der Waals surface area (Å²) in [5.41, 5.74) is 6.98. The quantitative estimate of drug-likeness (QED) is 0.850. The molecule has 3 N–H and O–H groups in total. The second-order valence-electron chi connectivity index (χ2n) is 5.86. The minimum absolute atomic E-state index is 0.0878. The molecule has 1 aromatic rings. The molecule has 7 nitrogen and oxygen atoms in total. The maximum Gasteiger partial charge on any atom is 0.336 e. The Kier molecular flexibility index (Phi) is 5.92. The standard InChI is InChI=1S/C16H25N5O2/c1-3-12(2)14(17)15(22)20-9-4-10-21(20)16(23)19-11-13-5-7-18-8-6-13/h5-8,12,14H,3-4,9-11,17H2,1-2H3,(H,19,23)/t12-,14-/m0/s1. The lowest BCUT2D eigenvalue weighted by Gasteiger charge is -2.31. The number of carbonyl (C=O) groups excluding carboxylic acids is 2. The first kappa shape index (κ1) is 17.2. The molecule has 1 aliphatic heterocycles. The summed E-state index contributed by atoms with van der Waals surface area (Å²) in [7, 11) is 0. The molecule has 1 aromatic heterocycles. The summed E-state index contributed by atoms with van der Waals surface area (Å²) in [5.74, 6) is -0.0965. The van der Waals surface area contributed by atoms with Gasteiger partial charge in [-0.1, -0.05) is 20.3 Å². The molecule has 7 heteroatoms. The van der Waals surface area contributed by atoms with E-state index in [2.05, 4.69) is 10.3 Å². The van der Waals surface area contributed by atoms with E-state index in [0.29, 0.717) is 19.6 Å². The van der Waals surface area contributed by atoms with Crippen LogP contribution in [0.5, 0.6) is 0 Å². The third-order valence-electron chi connectivity index (χ3n) is 4.26. The summed E-state index contributed by atoms with van der Waals surface area (Å²) >= 11 is 0. The van der Waals surface area contributed by atoms with Crippen molar-refractivity contribution in [3.8, 4) is 0 Å². The van der Waals surface area contributed by atoms with Crippen LogP contribution in [0.15, 0.2) is 24.5 Å². The summed E-state index contributed by atoms with van der Waals surface area (Å²) in [6, 6.07) is 2.83. The molecule has 126 valence electrons. The van der Waals surface area contributed by atoms with Gasteiger partial charge in [0.05, 0.1) is 6.04 Å². The number of carbonyl (C=O) groups is 2. The molecule has 0 radical (unpaired) electrons. The maximum absolute atomic E-state index is 12.5. The van der Waals surface area contributed by atoms with Crippen LogP contribution in [0, 0.1) is 5.92 Å². The van der Waals surface area contributed by atoms with Crippen molar-refractivity contribution in [1.82, 2.24) is 20.3 Å². The Labute approximate surface area is 136 Å². The van der Waals surface area contributed by atoms with Crippen LogP contribution in [0.3, 0.4) is 0 Å². The van der Waals surface area contributed by atoms with Crippen LogP contribution in [0.1, 0.15) is 32.3 Å². The highest BCUT2D eigenvalue weighted by atomic mass is 16.2. The van der Waals surface area contributed by atoms with Crippen LogP contribution >= 0.6 is 0 Å². The molecule has 0 bridgehead atoms. The van der Waals surface area contributed by atoms with Crippen LogP contribution in [-0.4, -0.2) is 46.1 Å². The molecule has 0 saturated carbocycles. The Morgan fingerprint density at radius 3 is 2.61 bits per heavy atom. The van der Waals surface area contributed by atoms with Gasteiger partial charge in [0.2, 0.25) is 0 Å². The number of urea groups is 1. The number of pyridine rings is 1. The van der Waals surface area contributed by atoms with Crippen molar-refractivity contribution in [3.05, 3.63) is 30.1 Å². The Morgan fingerprint density at radius 2 is 1.96 bits per heavy atom. The van der Waals surface area contributed by atoms with Crippen molar-refractivity contribution in [3.63, 3.8) is 0 Å². The van der Waals surface area contributed by atoms with Crippen LogP contribution < -0.4 is 11.1 Å². The van der Waals surface area contributed by atoms with E-state index < -0.39 is 6.04 Å². The van der Waals surface area contributed by atoms with Crippen LogP contribution in [0.25, 0.3) is 0 Å². The van der Waals surface area contributed by atoms with Crippen molar-refractivity contribution in [2.24, 2.45) is 11.7 Å². The smallest absolute Gasteiger partial charge is 0.332 e. The minimum Gasteiger partial charge on any atom is -0.332 e. The SMILES string of the molecule is CC[C@H](C)[C@H](N)C(=O)N1CCCN1C(=O)NCc1ccncc1. The van der Waals surface area contributed by atoms with Crippen LogP contribution in [0.4, 0.5) is 4.79 Å². The second kappa shape index (κ2) is 7.92. The summed E-state index contributed by atoms with van der Waals surface area (Å²) in [4.78, 5) is 28.8. The highest BCUT2D eigenvalue weighted by molar-refractivity contribution is 5.85. The molecule has 0 aliphatic carbocycles. The lowest BCUT2D eigenvalue weighted by molar-refractivity contribution is -0.142. The van der Waals surface area contributed by atoms with E-state index in [-0.39, 0.29) is 17.9 Å². The van der Waals surface area contributed by atoms with E-state index in [1.807, 2.05) is 26.0 Å². The van der Waals surface area contributed by atoms with E-state index >= 15 is 0 Å². The first-order chi connectivity index (χ1) is 11.0. The number of nitrogens with two attached hydrogens (primary N) is 1. The van der Waals surface area contributed by atoms with Gasteiger partial charge in [-0.15, -0.1) is 0 Å².